The fraction of sp³-hybridized carbons (Fsp3) is 0.263. The van der Waals surface area contributed by atoms with Gasteiger partial charge in [-0.25, -0.2) is 28.8 Å². The number of ether oxygens (including phenoxy) is 9. The smallest absolute Gasteiger partial charge is 0.493 e. The van der Waals surface area contributed by atoms with Gasteiger partial charge in [-0.05, 0) is 98.8 Å². The van der Waals surface area contributed by atoms with Gasteiger partial charge < -0.3 is 42.6 Å². The Morgan fingerprint density at radius 1 is 0.528 bits per heavy atom. The van der Waals surface area contributed by atoms with E-state index >= 15 is 0 Å². The molecular weight excluding hydrogens is 696 g/mol. The predicted molar refractivity (Wildman–Crippen MR) is 185 cm³/mol. The third kappa shape index (κ3) is 14.3. The molecule has 0 saturated heterocycles. The number of carbonyl (C=O) groups excluding carboxylic acids is 6. The molecule has 280 valence electrons. The normalized spacial score (nSPS) is 10.2. The zero-order chi connectivity index (χ0) is 38.6. The van der Waals surface area contributed by atoms with Gasteiger partial charge in [-0.1, -0.05) is 13.2 Å². The molecule has 0 fully saturated rings. The van der Waals surface area contributed by atoms with Crippen molar-refractivity contribution < 1.29 is 71.4 Å². The highest BCUT2D eigenvalue weighted by Crippen LogP contribution is 2.30. The average Bonchev–Trinajstić information content (AvgIpc) is 3.15. The van der Waals surface area contributed by atoms with E-state index in [-0.39, 0.29) is 66.3 Å². The Labute approximate surface area is 304 Å². The standard InChI is InChI=1S/C38H38O15/c1-5-33(39)46-19-7-9-21-48-37(43)51-28-14-11-26(12-15-28)35(41)50-29-16-18-30(25(3)23-29)52-36(42)27-13-17-31(32(24-27)45-4)53-38(44)49-22-10-8-20-47-34(40)6-2/h5-6,11-18,23-24H,1-2,7-10,19-22H2,3-4H3. The van der Waals surface area contributed by atoms with Crippen molar-refractivity contribution >= 4 is 36.2 Å². The molecule has 0 aromatic heterocycles. The van der Waals surface area contributed by atoms with Gasteiger partial charge in [0.25, 0.3) is 0 Å². The molecule has 53 heavy (non-hydrogen) atoms. The van der Waals surface area contributed by atoms with Crippen molar-refractivity contribution in [3.8, 4) is 28.7 Å². The van der Waals surface area contributed by atoms with Gasteiger partial charge in [0.2, 0.25) is 0 Å². The fourth-order valence-electron chi connectivity index (χ4n) is 4.09. The van der Waals surface area contributed by atoms with E-state index in [2.05, 4.69) is 13.2 Å². The predicted octanol–water partition coefficient (Wildman–Crippen LogP) is 6.49. The molecule has 0 atom stereocenters. The van der Waals surface area contributed by atoms with Crippen molar-refractivity contribution in [3.63, 3.8) is 0 Å². The highest BCUT2D eigenvalue weighted by Gasteiger charge is 2.18. The van der Waals surface area contributed by atoms with Crippen LogP contribution in [0.5, 0.6) is 28.7 Å². The molecule has 3 rings (SSSR count). The summed E-state index contributed by atoms with van der Waals surface area (Å²) in [6.07, 6.45) is 2.04. The van der Waals surface area contributed by atoms with Gasteiger partial charge in [0.1, 0.15) is 17.2 Å². The first kappa shape index (κ1) is 40.8. The summed E-state index contributed by atoms with van der Waals surface area (Å²) in [7, 11) is 1.33. The number of hydrogen-bond donors (Lipinski definition) is 0. The summed E-state index contributed by atoms with van der Waals surface area (Å²) in [6, 6.07) is 14.1. The van der Waals surface area contributed by atoms with Crippen LogP contribution >= 0.6 is 0 Å². The van der Waals surface area contributed by atoms with Crippen LogP contribution in [0.3, 0.4) is 0 Å². The Balaban J connectivity index is 1.46. The molecule has 0 unspecified atom stereocenters. The Kier molecular flexibility index (Phi) is 16.6. The first-order valence-electron chi connectivity index (χ1n) is 16.1. The third-order valence-electron chi connectivity index (χ3n) is 6.78. The van der Waals surface area contributed by atoms with Crippen LogP contribution in [0, 0.1) is 6.92 Å². The van der Waals surface area contributed by atoms with Gasteiger partial charge >= 0.3 is 36.2 Å². The quantitative estimate of drug-likeness (QED) is 0.0325. The summed E-state index contributed by atoms with van der Waals surface area (Å²) in [5, 5.41) is 0. The number of unbranched alkanes of at least 4 members (excludes halogenated alkanes) is 2. The van der Waals surface area contributed by atoms with Crippen LogP contribution in [0.25, 0.3) is 0 Å². The van der Waals surface area contributed by atoms with E-state index in [4.69, 9.17) is 42.6 Å². The summed E-state index contributed by atoms with van der Waals surface area (Å²) in [5.41, 5.74) is 0.750. The molecule has 15 nitrogen and oxygen atoms in total. The first-order chi connectivity index (χ1) is 25.5. The molecule has 0 aliphatic heterocycles. The van der Waals surface area contributed by atoms with E-state index in [1.807, 2.05) is 0 Å². The highest BCUT2D eigenvalue weighted by molar-refractivity contribution is 5.93. The Morgan fingerprint density at radius 2 is 1.02 bits per heavy atom. The lowest BCUT2D eigenvalue weighted by Crippen LogP contribution is -2.14. The van der Waals surface area contributed by atoms with Crippen molar-refractivity contribution in [2.45, 2.75) is 32.6 Å². The zero-order valence-corrected chi connectivity index (χ0v) is 29.1. The second kappa shape index (κ2) is 21.5. The lowest BCUT2D eigenvalue weighted by Gasteiger charge is -2.12. The summed E-state index contributed by atoms with van der Waals surface area (Å²) in [5.74, 6) is -1.89. The van der Waals surface area contributed by atoms with Crippen molar-refractivity contribution in [2.24, 2.45) is 0 Å². The van der Waals surface area contributed by atoms with E-state index < -0.39 is 36.2 Å². The second-order valence-corrected chi connectivity index (χ2v) is 10.7. The van der Waals surface area contributed by atoms with Crippen LogP contribution in [0.15, 0.2) is 86.0 Å². The van der Waals surface area contributed by atoms with E-state index in [1.54, 1.807) is 6.92 Å². The number of hydrogen-bond acceptors (Lipinski definition) is 15. The number of esters is 4. The topological polar surface area (TPSA) is 185 Å². The van der Waals surface area contributed by atoms with Gasteiger partial charge in [-0.2, -0.15) is 0 Å². The van der Waals surface area contributed by atoms with Crippen LogP contribution in [0.4, 0.5) is 9.59 Å². The SMILES string of the molecule is C=CC(=O)OCCCCOC(=O)Oc1ccc(C(=O)Oc2ccc(OC(=O)c3ccc(OC(=O)OCCCCOC(=O)C=C)c(OC)c3)c(C)c2)cc1. The van der Waals surface area contributed by atoms with E-state index in [0.29, 0.717) is 31.2 Å². The lowest BCUT2D eigenvalue weighted by molar-refractivity contribution is -0.138. The number of aryl methyl sites for hydroxylation is 1. The maximum atomic E-state index is 12.9. The monoisotopic (exact) mass is 734 g/mol. The van der Waals surface area contributed by atoms with Crippen LogP contribution < -0.4 is 23.7 Å². The summed E-state index contributed by atoms with van der Waals surface area (Å²) in [4.78, 5) is 71.7. The van der Waals surface area contributed by atoms with Crippen LogP contribution in [0.1, 0.15) is 52.0 Å². The molecule has 0 aliphatic carbocycles. The highest BCUT2D eigenvalue weighted by atomic mass is 16.7. The third-order valence-corrected chi connectivity index (χ3v) is 6.78. The van der Waals surface area contributed by atoms with Gasteiger partial charge in [-0.3, -0.25) is 0 Å². The maximum Gasteiger partial charge on any atom is 0.513 e. The van der Waals surface area contributed by atoms with Crippen LogP contribution in [0.2, 0.25) is 0 Å². The molecule has 0 amide bonds. The minimum Gasteiger partial charge on any atom is -0.493 e. The lowest BCUT2D eigenvalue weighted by atomic mass is 10.2. The van der Waals surface area contributed by atoms with Gasteiger partial charge in [0.15, 0.2) is 11.5 Å². The fourth-order valence-corrected chi connectivity index (χ4v) is 4.09. The van der Waals surface area contributed by atoms with Gasteiger partial charge in [-0.15, -0.1) is 0 Å². The van der Waals surface area contributed by atoms with Crippen molar-refractivity contribution in [1.29, 1.82) is 0 Å². The van der Waals surface area contributed by atoms with Crippen LogP contribution in [-0.4, -0.2) is 69.7 Å². The molecular formula is C38H38O15. The minimum absolute atomic E-state index is 0.00921. The Morgan fingerprint density at radius 3 is 1.57 bits per heavy atom. The number of rotatable bonds is 19. The molecule has 3 aromatic carbocycles. The van der Waals surface area contributed by atoms with Gasteiger partial charge in [0.05, 0.1) is 44.7 Å². The van der Waals surface area contributed by atoms with Crippen molar-refractivity contribution in [1.82, 2.24) is 0 Å². The summed E-state index contributed by atoms with van der Waals surface area (Å²) < 4.78 is 46.2. The molecule has 0 aliphatic rings. The Bertz CT molecular complexity index is 1780. The maximum absolute atomic E-state index is 12.9. The number of methoxy groups -OCH3 is 1. The number of benzene rings is 3. The molecule has 15 heteroatoms. The van der Waals surface area contributed by atoms with Crippen molar-refractivity contribution in [2.75, 3.05) is 33.5 Å². The number of carbonyl (C=O) groups is 6. The molecule has 0 radical (unpaired) electrons. The molecule has 0 spiro atoms. The zero-order valence-electron chi connectivity index (χ0n) is 29.1. The first-order valence-corrected chi connectivity index (χ1v) is 16.1. The summed E-state index contributed by atoms with van der Waals surface area (Å²) in [6.45, 7) is 8.67. The molecule has 3 aromatic rings. The Hall–Kier alpha value is -6.64. The van der Waals surface area contributed by atoms with E-state index in [0.717, 1.165) is 12.2 Å². The second-order valence-electron chi connectivity index (χ2n) is 10.7. The van der Waals surface area contributed by atoms with Crippen molar-refractivity contribution in [3.05, 3.63) is 103 Å². The molecule has 0 bridgehead atoms. The van der Waals surface area contributed by atoms with E-state index in [1.165, 1.54) is 67.8 Å². The molecule has 0 heterocycles. The van der Waals surface area contributed by atoms with E-state index in [9.17, 15) is 28.8 Å². The minimum atomic E-state index is -0.989. The van der Waals surface area contributed by atoms with Gasteiger partial charge in [0, 0.05) is 12.2 Å². The molecule has 0 saturated carbocycles. The largest absolute Gasteiger partial charge is 0.513 e. The molecule has 0 N–H and O–H groups in total. The average molecular weight is 735 g/mol. The van der Waals surface area contributed by atoms with Crippen LogP contribution in [-0.2, 0) is 28.5 Å². The summed E-state index contributed by atoms with van der Waals surface area (Å²) >= 11 is 0.